The lowest BCUT2D eigenvalue weighted by Crippen LogP contribution is -2.32. The number of hydrogen-bond acceptors (Lipinski definition) is 2. The van der Waals surface area contributed by atoms with Crippen molar-refractivity contribution in [3.8, 4) is 0 Å². The first-order chi connectivity index (χ1) is 8.01. The second kappa shape index (κ2) is 6.77. The van der Waals surface area contributed by atoms with Gasteiger partial charge in [-0.05, 0) is 25.3 Å². The fourth-order valence-electron chi connectivity index (χ4n) is 2.35. The quantitative estimate of drug-likeness (QED) is 0.820. The van der Waals surface area contributed by atoms with Crippen LogP contribution >= 0.6 is 0 Å². The van der Waals surface area contributed by atoms with Crippen LogP contribution in [-0.2, 0) is 6.54 Å². The fourth-order valence-corrected chi connectivity index (χ4v) is 2.35. The maximum absolute atomic E-state index is 5.68. The summed E-state index contributed by atoms with van der Waals surface area (Å²) in [5, 5.41) is 0. The molecule has 17 heavy (non-hydrogen) atoms. The van der Waals surface area contributed by atoms with Gasteiger partial charge < -0.3 is 5.73 Å². The Labute approximate surface area is 106 Å². The van der Waals surface area contributed by atoms with Crippen LogP contribution in [0.2, 0.25) is 0 Å². The highest BCUT2D eigenvalue weighted by molar-refractivity contribution is 5.28. The molecule has 0 aliphatic heterocycles. The zero-order chi connectivity index (χ0) is 12.8. The third-order valence-electron chi connectivity index (χ3n) is 2.76. The zero-order valence-electron chi connectivity index (χ0n) is 11.7. The zero-order valence-corrected chi connectivity index (χ0v) is 11.7. The normalized spacial score (nSPS) is 11.5. The molecule has 0 saturated carbocycles. The second-order valence-electron chi connectivity index (χ2n) is 5.41. The molecule has 0 atom stereocenters. The van der Waals surface area contributed by atoms with Crippen LogP contribution in [0.4, 0.5) is 0 Å². The van der Waals surface area contributed by atoms with Gasteiger partial charge >= 0.3 is 0 Å². The highest BCUT2D eigenvalue weighted by Gasteiger charge is 2.07. The monoisotopic (exact) mass is 234 g/mol. The van der Waals surface area contributed by atoms with Crippen molar-refractivity contribution >= 4 is 0 Å². The Bertz CT molecular complexity index is 325. The summed E-state index contributed by atoms with van der Waals surface area (Å²) in [5.74, 6) is 0.687. The van der Waals surface area contributed by atoms with E-state index in [2.05, 4.69) is 50.8 Å². The van der Waals surface area contributed by atoms with Gasteiger partial charge in [0.15, 0.2) is 0 Å². The van der Waals surface area contributed by atoms with Crippen LogP contribution < -0.4 is 5.73 Å². The van der Waals surface area contributed by atoms with Gasteiger partial charge in [0.1, 0.15) is 0 Å². The summed E-state index contributed by atoms with van der Waals surface area (Å²) in [5.41, 5.74) is 9.77. The van der Waals surface area contributed by atoms with E-state index in [0.29, 0.717) is 5.92 Å². The molecule has 1 aromatic carbocycles. The topological polar surface area (TPSA) is 29.3 Å². The van der Waals surface area contributed by atoms with Crippen molar-refractivity contribution in [2.75, 3.05) is 19.6 Å². The SMILES string of the molecule is Cc1cc(C)cc(CN(CCN)CC(C)C)c1. The first kappa shape index (κ1) is 14.2. The van der Waals surface area contributed by atoms with E-state index in [1.54, 1.807) is 0 Å². The maximum Gasteiger partial charge on any atom is 0.0234 e. The summed E-state index contributed by atoms with van der Waals surface area (Å²) in [6.07, 6.45) is 0. The minimum atomic E-state index is 0.687. The van der Waals surface area contributed by atoms with E-state index in [4.69, 9.17) is 5.73 Å². The molecule has 1 aromatic rings. The molecule has 0 radical (unpaired) electrons. The van der Waals surface area contributed by atoms with E-state index in [1.807, 2.05) is 0 Å². The molecule has 0 heterocycles. The molecule has 0 unspecified atom stereocenters. The highest BCUT2D eigenvalue weighted by Crippen LogP contribution is 2.12. The number of rotatable bonds is 6. The fraction of sp³-hybridized carbons (Fsp3) is 0.600. The van der Waals surface area contributed by atoms with Crippen molar-refractivity contribution in [2.45, 2.75) is 34.2 Å². The summed E-state index contributed by atoms with van der Waals surface area (Å²) >= 11 is 0. The molecule has 0 fully saturated rings. The third-order valence-corrected chi connectivity index (χ3v) is 2.76. The van der Waals surface area contributed by atoms with Gasteiger partial charge in [-0.1, -0.05) is 43.2 Å². The first-order valence-electron chi connectivity index (χ1n) is 6.51. The van der Waals surface area contributed by atoms with Crippen LogP contribution in [0.25, 0.3) is 0 Å². The van der Waals surface area contributed by atoms with E-state index >= 15 is 0 Å². The molecule has 2 nitrogen and oxygen atoms in total. The van der Waals surface area contributed by atoms with Crippen LogP contribution in [0, 0.1) is 19.8 Å². The lowest BCUT2D eigenvalue weighted by Gasteiger charge is -2.24. The Hall–Kier alpha value is -0.860. The maximum atomic E-state index is 5.68. The Morgan fingerprint density at radius 2 is 1.71 bits per heavy atom. The molecule has 0 aliphatic carbocycles. The van der Waals surface area contributed by atoms with Crippen molar-refractivity contribution in [3.63, 3.8) is 0 Å². The number of nitrogens with zero attached hydrogens (tertiary/aromatic N) is 1. The minimum absolute atomic E-state index is 0.687. The van der Waals surface area contributed by atoms with E-state index in [-0.39, 0.29) is 0 Å². The molecule has 0 aromatic heterocycles. The average Bonchev–Trinajstić information content (AvgIpc) is 2.14. The standard InChI is InChI=1S/C15H26N2/c1-12(2)10-17(6-5-16)11-15-8-13(3)7-14(4)9-15/h7-9,12H,5-6,10-11,16H2,1-4H3. The van der Waals surface area contributed by atoms with Gasteiger partial charge in [0.05, 0.1) is 0 Å². The van der Waals surface area contributed by atoms with Gasteiger partial charge in [-0.15, -0.1) is 0 Å². The number of benzene rings is 1. The molecule has 0 amide bonds. The highest BCUT2D eigenvalue weighted by atomic mass is 15.1. The predicted octanol–water partition coefficient (Wildman–Crippen LogP) is 2.72. The predicted molar refractivity (Wildman–Crippen MR) is 75.1 cm³/mol. The van der Waals surface area contributed by atoms with Crippen molar-refractivity contribution in [1.82, 2.24) is 4.90 Å². The van der Waals surface area contributed by atoms with Gasteiger partial charge in [-0.2, -0.15) is 0 Å². The Kier molecular flexibility index (Phi) is 5.66. The molecule has 2 N–H and O–H groups in total. The molecule has 0 bridgehead atoms. The molecule has 96 valence electrons. The van der Waals surface area contributed by atoms with Crippen molar-refractivity contribution in [3.05, 3.63) is 34.9 Å². The Morgan fingerprint density at radius 1 is 1.12 bits per heavy atom. The van der Waals surface area contributed by atoms with Crippen LogP contribution in [0.15, 0.2) is 18.2 Å². The largest absolute Gasteiger partial charge is 0.329 e. The Morgan fingerprint density at radius 3 is 2.18 bits per heavy atom. The molecule has 0 saturated heterocycles. The summed E-state index contributed by atoms with van der Waals surface area (Å²) < 4.78 is 0. The van der Waals surface area contributed by atoms with Crippen LogP contribution in [0.5, 0.6) is 0 Å². The van der Waals surface area contributed by atoms with Crippen LogP contribution in [-0.4, -0.2) is 24.5 Å². The van der Waals surface area contributed by atoms with Crippen LogP contribution in [0.1, 0.15) is 30.5 Å². The second-order valence-corrected chi connectivity index (χ2v) is 5.41. The number of hydrogen-bond donors (Lipinski definition) is 1. The molecule has 1 rings (SSSR count). The van der Waals surface area contributed by atoms with Gasteiger partial charge in [-0.25, -0.2) is 0 Å². The molecular weight excluding hydrogens is 208 g/mol. The van der Waals surface area contributed by atoms with Gasteiger partial charge in [0.25, 0.3) is 0 Å². The number of aryl methyl sites for hydroxylation is 2. The van der Waals surface area contributed by atoms with Crippen molar-refractivity contribution < 1.29 is 0 Å². The third kappa shape index (κ3) is 5.33. The van der Waals surface area contributed by atoms with E-state index in [0.717, 1.165) is 26.2 Å². The Balaban J connectivity index is 2.70. The number of nitrogens with two attached hydrogens (primary N) is 1. The van der Waals surface area contributed by atoms with E-state index in [9.17, 15) is 0 Å². The first-order valence-corrected chi connectivity index (χ1v) is 6.51. The summed E-state index contributed by atoms with van der Waals surface area (Å²) in [6, 6.07) is 6.77. The summed E-state index contributed by atoms with van der Waals surface area (Å²) in [6.45, 7) is 12.7. The lowest BCUT2D eigenvalue weighted by atomic mass is 10.1. The molecular formula is C15H26N2. The van der Waals surface area contributed by atoms with Crippen LogP contribution in [0.3, 0.4) is 0 Å². The van der Waals surface area contributed by atoms with Gasteiger partial charge in [0.2, 0.25) is 0 Å². The smallest absolute Gasteiger partial charge is 0.0234 e. The lowest BCUT2D eigenvalue weighted by molar-refractivity contribution is 0.242. The molecule has 2 heteroatoms. The van der Waals surface area contributed by atoms with E-state index < -0.39 is 0 Å². The van der Waals surface area contributed by atoms with Gasteiger partial charge in [0, 0.05) is 26.2 Å². The van der Waals surface area contributed by atoms with Crippen molar-refractivity contribution in [1.29, 1.82) is 0 Å². The molecule has 0 aliphatic rings. The van der Waals surface area contributed by atoms with E-state index in [1.165, 1.54) is 16.7 Å². The van der Waals surface area contributed by atoms with Crippen molar-refractivity contribution in [2.24, 2.45) is 11.7 Å². The summed E-state index contributed by atoms with van der Waals surface area (Å²) in [4.78, 5) is 2.44. The average molecular weight is 234 g/mol. The van der Waals surface area contributed by atoms with Gasteiger partial charge in [-0.3, -0.25) is 4.90 Å². The summed E-state index contributed by atoms with van der Waals surface area (Å²) in [7, 11) is 0. The molecule has 0 spiro atoms. The minimum Gasteiger partial charge on any atom is -0.329 e.